The first-order valence-electron chi connectivity index (χ1n) is 7.25. The molecule has 2 fully saturated rings. The molecule has 21 heavy (non-hydrogen) atoms. The molecule has 4 nitrogen and oxygen atoms in total. The van der Waals surface area contributed by atoms with E-state index in [9.17, 15) is 4.79 Å². The number of aryl methyl sites for hydroxylation is 2. The maximum atomic E-state index is 12.8. The van der Waals surface area contributed by atoms with E-state index in [1.165, 1.54) is 5.56 Å². The number of aromatic nitrogens is 2. The predicted molar refractivity (Wildman–Crippen MR) is 78.7 cm³/mol. The SMILES string of the molecule is COc1cccc(C23CC2(C(=O)n2nc(C)cc2C)C3)c1. The Morgan fingerprint density at radius 3 is 2.67 bits per heavy atom. The minimum atomic E-state index is -0.220. The van der Waals surface area contributed by atoms with E-state index >= 15 is 0 Å². The lowest BCUT2D eigenvalue weighted by Gasteiger charge is -2.05. The van der Waals surface area contributed by atoms with Gasteiger partial charge in [0.15, 0.2) is 0 Å². The molecule has 1 heterocycles. The Morgan fingerprint density at radius 1 is 1.29 bits per heavy atom. The van der Waals surface area contributed by atoms with Gasteiger partial charge in [0.2, 0.25) is 0 Å². The topological polar surface area (TPSA) is 44.1 Å². The van der Waals surface area contributed by atoms with Crippen LogP contribution in [-0.2, 0) is 5.41 Å². The van der Waals surface area contributed by atoms with E-state index in [0.29, 0.717) is 0 Å². The molecule has 0 N–H and O–H groups in total. The molecule has 0 atom stereocenters. The van der Waals surface area contributed by atoms with Gasteiger partial charge in [0, 0.05) is 11.1 Å². The number of carbonyl (C=O) groups excluding carboxylic acids is 1. The summed E-state index contributed by atoms with van der Waals surface area (Å²) in [5, 5.41) is 4.34. The number of hydrogen-bond acceptors (Lipinski definition) is 3. The molecule has 1 aromatic carbocycles. The number of ether oxygens (including phenoxy) is 1. The van der Waals surface area contributed by atoms with Crippen LogP contribution in [0.3, 0.4) is 0 Å². The number of methoxy groups -OCH3 is 1. The minimum absolute atomic E-state index is 0.0327. The summed E-state index contributed by atoms with van der Waals surface area (Å²) in [7, 11) is 1.67. The molecular weight excluding hydrogens is 264 g/mol. The molecule has 1 aromatic heterocycles. The monoisotopic (exact) mass is 282 g/mol. The quantitative estimate of drug-likeness (QED) is 0.869. The molecule has 0 unspecified atom stereocenters. The van der Waals surface area contributed by atoms with E-state index in [-0.39, 0.29) is 16.7 Å². The van der Waals surface area contributed by atoms with Gasteiger partial charge in [-0.05, 0) is 50.5 Å². The van der Waals surface area contributed by atoms with E-state index < -0.39 is 0 Å². The van der Waals surface area contributed by atoms with Gasteiger partial charge in [-0.25, -0.2) is 4.68 Å². The number of nitrogens with zero attached hydrogens (tertiary/aromatic N) is 2. The first-order chi connectivity index (χ1) is 10.0. The highest BCUT2D eigenvalue weighted by Crippen LogP contribution is 2.86. The van der Waals surface area contributed by atoms with Crippen LogP contribution in [0.25, 0.3) is 0 Å². The third-order valence-electron chi connectivity index (χ3n) is 5.11. The van der Waals surface area contributed by atoms with Gasteiger partial charge in [-0.1, -0.05) is 12.1 Å². The van der Waals surface area contributed by atoms with Crippen LogP contribution in [0.4, 0.5) is 0 Å². The van der Waals surface area contributed by atoms with Gasteiger partial charge in [-0.15, -0.1) is 0 Å². The van der Waals surface area contributed by atoms with E-state index in [2.05, 4.69) is 17.2 Å². The maximum absolute atomic E-state index is 12.8. The van der Waals surface area contributed by atoms with Crippen molar-refractivity contribution >= 4 is 5.91 Å². The third-order valence-corrected chi connectivity index (χ3v) is 5.11. The van der Waals surface area contributed by atoms with Crippen molar-refractivity contribution in [3.8, 4) is 5.75 Å². The largest absolute Gasteiger partial charge is 0.497 e. The van der Waals surface area contributed by atoms with Crippen LogP contribution >= 0.6 is 0 Å². The van der Waals surface area contributed by atoms with Crippen LogP contribution in [0.5, 0.6) is 5.75 Å². The average Bonchev–Trinajstić information content (AvgIpc) is 3.27. The number of hydrogen-bond donors (Lipinski definition) is 0. The van der Waals surface area contributed by atoms with Crippen molar-refractivity contribution in [3.05, 3.63) is 47.3 Å². The van der Waals surface area contributed by atoms with Crippen LogP contribution in [-0.4, -0.2) is 22.8 Å². The second-order valence-electron chi connectivity index (χ2n) is 6.39. The molecule has 0 aliphatic heterocycles. The lowest BCUT2D eigenvalue weighted by molar-refractivity contribution is 0.0832. The molecule has 2 aliphatic carbocycles. The Morgan fingerprint density at radius 2 is 2.05 bits per heavy atom. The summed E-state index contributed by atoms with van der Waals surface area (Å²) in [4.78, 5) is 12.8. The Kier molecular flexibility index (Phi) is 2.26. The summed E-state index contributed by atoms with van der Waals surface area (Å²) in [6, 6.07) is 10.1. The molecule has 0 spiro atoms. The second kappa shape index (κ2) is 3.75. The van der Waals surface area contributed by atoms with Crippen LogP contribution < -0.4 is 4.74 Å². The fourth-order valence-electron chi connectivity index (χ4n) is 3.68. The van der Waals surface area contributed by atoms with Crippen molar-refractivity contribution in [2.75, 3.05) is 7.11 Å². The number of fused-ring (bicyclic) bond motifs is 1. The predicted octanol–water partition coefficient (Wildman–Crippen LogP) is 2.88. The lowest BCUT2D eigenvalue weighted by atomic mass is 10.0. The van der Waals surface area contributed by atoms with Crippen molar-refractivity contribution in [3.63, 3.8) is 0 Å². The molecule has 0 radical (unpaired) electrons. The van der Waals surface area contributed by atoms with Crippen molar-refractivity contribution in [2.24, 2.45) is 5.41 Å². The average molecular weight is 282 g/mol. The van der Waals surface area contributed by atoms with Gasteiger partial charge in [-0.2, -0.15) is 5.10 Å². The van der Waals surface area contributed by atoms with E-state index in [1.807, 2.05) is 32.0 Å². The maximum Gasteiger partial charge on any atom is 0.254 e. The van der Waals surface area contributed by atoms with Crippen molar-refractivity contribution in [1.29, 1.82) is 0 Å². The standard InChI is InChI=1S/C17H18N2O2/c1-11-7-12(2)19(18-11)15(20)17-9-16(17,10-17)13-5-4-6-14(8-13)21-3/h4-8H,9-10H2,1-3H3. The molecule has 4 heteroatoms. The number of benzene rings is 1. The normalized spacial score (nSPS) is 28.9. The third kappa shape index (κ3) is 1.50. The number of carbonyl (C=O) groups is 1. The van der Waals surface area contributed by atoms with E-state index in [0.717, 1.165) is 30.0 Å². The van der Waals surface area contributed by atoms with Gasteiger partial charge in [0.05, 0.1) is 18.2 Å². The first kappa shape index (κ1) is 12.6. The fraction of sp³-hybridized carbons (Fsp3) is 0.412. The van der Waals surface area contributed by atoms with Gasteiger partial charge in [-0.3, -0.25) is 4.79 Å². The van der Waals surface area contributed by atoms with Gasteiger partial charge < -0.3 is 4.74 Å². The molecule has 4 rings (SSSR count). The molecule has 108 valence electrons. The zero-order valence-corrected chi connectivity index (χ0v) is 12.5. The Balaban J connectivity index is 1.65. The van der Waals surface area contributed by atoms with E-state index in [4.69, 9.17) is 4.74 Å². The highest BCUT2D eigenvalue weighted by atomic mass is 16.5. The van der Waals surface area contributed by atoms with Crippen LogP contribution in [0.1, 0.15) is 34.6 Å². The minimum Gasteiger partial charge on any atom is -0.497 e. The molecule has 2 saturated carbocycles. The lowest BCUT2D eigenvalue weighted by Crippen LogP contribution is -2.20. The molecule has 0 bridgehead atoms. The zero-order chi connectivity index (χ0) is 14.8. The Labute approximate surface area is 123 Å². The Bertz CT molecular complexity index is 754. The summed E-state index contributed by atoms with van der Waals surface area (Å²) < 4.78 is 6.88. The molecule has 0 saturated heterocycles. The van der Waals surface area contributed by atoms with Gasteiger partial charge >= 0.3 is 0 Å². The second-order valence-corrected chi connectivity index (χ2v) is 6.39. The van der Waals surface area contributed by atoms with Gasteiger partial charge in [0.1, 0.15) is 5.75 Å². The summed E-state index contributed by atoms with van der Waals surface area (Å²) >= 11 is 0. The van der Waals surface area contributed by atoms with Crippen molar-refractivity contribution in [2.45, 2.75) is 32.1 Å². The summed E-state index contributed by atoms with van der Waals surface area (Å²) in [6.07, 6.45) is 1.87. The smallest absolute Gasteiger partial charge is 0.254 e. The zero-order valence-electron chi connectivity index (χ0n) is 12.5. The highest BCUT2D eigenvalue weighted by molar-refractivity contribution is 5.96. The van der Waals surface area contributed by atoms with Gasteiger partial charge in [0.25, 0.3) is 5.91 Å². The van der Waals surface area contributed by atoms with Crippen molar-refractivity contribution in [1.82, 2.24) is 9.78 Å². The molecular formula is C17H18N2O2. The number of rotatable bonds is 3. The molecule has 2 aromatic rings. The fourth-order valence-corrected chi connectivity index (χ4v) is 3.68. The highest BCUT2D eigenvalue weighted by Gasteiger charge is 2.87. The molecule has 0 amide bonds. The summed E-state index contributed by atoms with van der Waals surface area (Å²) in [5.74, 6) is 1.00. The van der Waals surface area contributed by atoms with Crippen molar-refractivity contribution < 1.29 is 9.53 Å². The van der Waals surface area contributed by atoms with Crippen LogP contribution in [0, 0.1) is 19.3 Å². The Hall–Kier alpha value is -2.10. The summed E-state index contributed by atoms with van der Waals surface area (Å²) in [5.41, 5.74) is 2.85. The molecule has 2 aliphatic rings. The van der Waals surface area contributed by atoms with E-state index in [1.54, 1.807) is 11.8 Å². The van der Waals surface area contributed by atoms with Crippen LogP contribution in [0.2, 0.25) is 0 Å². The first-order valence-corrected chi connectivity index (χ1v) is 7.25. The summed E-state index contributed by atoms with van der Waals surface area (Å²) in [6.45, 7) is 3.86. The van der Waals surface area contributed by atoms with Crippen LogP contribution in [0.15, 0.2) is 30.3 Å².